The highest BCUT2D eigenvalue weighted by Crippen LogP contribution is 2.26. The minimum atomic E-state index is -1.63. The zero-order valence-corrected chi connectivity index (χ0v) is 7.63. The molecule has 1 aliphatic rings. The van der Waals surface area contributed by atoms with Crippen LogP contribution in [0.15, 0.2) is 0 Å². The van der Waals surface area contributed by atoms with Gasteiger partial charge in [-0.2, -0.15) is 0 Å². The molecule has 2 nitrogen and oxygen atoms in total. The van der Waals surface area contributed by atoms with E-state index in [0.29, 0.717) is 12.8 Å². The fraction of sp³-hybridized carbons (Fsp3) is 0.889. The molecule has 0 aromatic heterocycles. The molecule has 4 heteroatoms. The molecule has 3 atom stereocenters. The molecule has 0 radical (unpaired) electrons. The number of rotatable bonds is 2. The first-order valence-electron chi connectivity index (χ1n) is 4.62. The van der Waals surface area contributed by atoms with Crippen LogP contribution in [0.1, 0.15) is 32.6 Å². The van der Waals surface area contributed by atoms with Gasteiger partial charge >= 0.3 is 5.97 Å². The van der Waals surface area contributed by atoms with Crippen LogP contribution in [0.3, 0.4) is 0 Å². The number of alkyl halides is 2. The summed E-state index contributed by atoms with van der Waals surface area (Å²) in [6.45, 7) is 1.63. The fourth-order valence-corrected chi connectivity index (χ4v) is 1.44. The molecule has 0 saturated heterocycles. The normalized spacial score (nSPS) is 34.2. The quantitative estimate of drug-likeness (QED) is 0.627. The summed E-state index contributed by atoms with van der Waals surface area (Å²) in [5, 5.41) is 0. The maximum Gasteiger partial charge on any atom is 0.305 e. The van der Waals surface area contributed by atoms with Crippen molar-refractivity contribution in [2.75, 3.05) is 0 Å². The number of ether oxygens (including phenoxy) is 1. The molecule has 1 rings (SSSR count). The monoisotopic (exact) mass is 192 g/mol. The van der Waals surface area contributed by atoms with Gasteiger partial charge in [0.05, 0.1) is 0 Å². The Morgan fingerprint density at radius 1 is 1.46 bits per heavy atom. The summed E-state index contributed by atoms with van der Waals surface area (Å²) in [5.74, 6) is -0.457. The minimum absolute atomic E-state index is 0.209. The van der Waals surface area contributed by atoms with Crippen LogP contribution < -0.4 is 0 Å². The Morgan fingerprint density at radius 3 is 2.77 bits per heavy atom. The molecule has 1 fully saturated rings. The summed E-state index contributed by atoms with van der Waals surface area (Å²) < 4.78 is 30.7. The second kappa shape index (κ2) is 4.53. The lowest BCUT2D eigenvalue weighted by molar-refractivity contribution is -0.156. The van der Waals surface area contributed by atoms with Crippen LogP contribution in [0.5, 0.6) is 0 Å². The Hall–Kier alpha value is -0.670. The molecule has 0 aromatic carbocycles. The second-order valence-corrected chi connectivity index (χ2v) is 3.27. The zero-order valence-electron chi connectivity index (χ0n) is 7.63. The van der Waals surface area contributed by atoms with Crippen molar-refractivity contribution in [3.8, 4) is 0 Å². The summed E-state index contributed by atoms with van der Waals surface area (Å²) >= 11 is 0. The van der Waals surface area contributed by atoms with Crippen LogP contribution in [0.25, 0.3) is 0 Å². The molecule has 0 heterocycles. The van der Waals surface area contributed by atoms with Gasteiger partial charge in [0.1, 0.15) is 12.3 Å². The third-order valence-electron chi connectivity index (χ3n) is 2.24. The maximum absolute atomic E-state index is 13.1. The predicted octanol–water partition coefficient (Wildman–Crippen LogP) is 2.17. The number of halogens is 2. The Morgan fingerprint density at radius 2 is 2.15 bits per heavy atom. The molecule has 0 aromatic rings. The van der Waals surface area contributed by atoms with Gasteiger partial charge in [-0.15, -0.1) is 0 Å². The van der Waals surface area contributed by atoms with Gasteiger partial charge in [0.15, 0.2) is 6.17 Å². The molecule has 0 bridgehead atoms. The predicted molar refractivity (Wildman–Crippen MR) is 43.8 cm³/mol. The molecular weight excluding hydrogens is 178 g/mol. The van der Waals surface area contributed by atoms with Gasteiger partial charge in [0.25, 0.3) is 0 Å². The van der Waals surface area contributed by atoms with Crippen LogP contribution in [-0.4, -0.2) is 24.4 Å². The van der Waals surface area contributed by atoms with E-state index < -0.39 is 24.4 Å². The summed E-state index contributed by atoms with van der Waals surface area (Å²) in [6, 6.07) is 0. The standard InChI is InChI=1S/C9H14F2O2/c1-2-8(12)13-7-5-3-4-6(10)9(7)11/h6-7,9H,2-5H2,1H3. The Labute approximate surface area is 76.3 Å². The average molecular weight is 192 g/mol. The zero-order chi connectivity index (χ0) is 9.84. The first-order chi connectivity index (χ1) is 6.15. The number of carbonyl (C=O) groups is 1. The Kier molecular flexibility index (Phi) is 3.63. The molecule has 1 aliphatic carbocycles. The molecule has 1 saturated carbocycles. The van der Waals surface area contributed by atoms with Gasteiger partial charge in [0.2, 0.25) is 0 Å². The van der Waals surface area contributed by atoms with E-state index >= 15 is 0 Å². The lowest BCUT2D eigenvalue weighted by Crippen LogP contribution is -2.38. The van der Waals surface area contributed by atoms with Gasteiger partial charge in [-0.1, -0.05) is 6.92 Å². The van der Waals surface area contributed by atoms with Gasteiger partial charge in [0, 0.05) is 6.42 Å². The summed E-state index contributed by atoms with van der Waals surface area (Å²) in [6.07, 6.45) is -2.50. The van der Waals surface area contributed by atoms with Gasteiger partial charge in [-0.05, 0) is 19.3 Å². The fourth-order valence-electron chi connectivity index (χ4n) is 1.44. The van der Waals surface area contributed by atoms with E-state index in [1.165, 1.54) is 0 Å². The highest BCUT2D eigenvalue weighted by atomic mass is 19.2. The smallest absolute Gasteiger partial charge is 0.305 e. The summed E-state index contributed by atoms with van der Waals surface area (Å²) in [4.78, 5) is 10.8. The molecule has 3 unspecified atom stereocenters. The maximum atomic E-state index is 13.1. The average Bonchev–Trinajstić information content (AvgIpc) is 2.13. The molecule has 13 heavy (non-hydrogen) atoms. The third-order valence-corrected chi connectivity index (χ3v) is 2.24. The number of hydrogen-bond donors (Lipinski definition) is 0. The molecule has 0 N–H and O–H groups in total. The van der Waals surface area contributed by atoms with Crippen molar-refractivity contribution in [2.45, 2.75) is 51.1 Å². The van der Waals surface area contributed by atoms with Gasteiger partial charge in [-0.25, -0.2) is 8.78 Å². The van der Waals surface area contributed by atoms with Gasteiger partial charge < -0.3 is 4.74 Å². The van der Waals surface area contributed by atoms with E-state index in [1.807, 2.05) is 0 Å². The van der Waals surface area contributed by atoms with Gasteiger partial charge in [-0.3, -0.25) is 4.79 Å². The second-order valence-electron chi connectivity index (χ2n) is 3.27. The van der Waals surface area contributed by atoms with E-state index in [9.17, 15) is 13.6 Å². The lowest BCUT2D eigenvalue weighted by atomic mass is 9.94. The van der Waals surface area contributed by atoms with Crippen molar-refractivity contribution >= 4 is 5.97 Å². The molecule has 0 amide bonds. The van der Waals surface area contributed by atoms with Crippen molar-refractivity contribution in [3.63, 3.8) is 0 Å². The van der Waals surface area contributed by atoms with Crippen LogP contribution in [-0.2, 0) is 9.53 Å². The molecular formula is C9H14F2O2. The number of hydrogen-bond acceptors (Lipinski definition) is 2. The number of esters is 1. The van der Waals surface area contributed by atoms with E-state index in [-0.39, 0.29) is 12.8 Å². The molecule has 0 aliphatic heterocycles. The van der Waals surface area contributed by atoms with Crippen molar-refractivity contribution in [1.82, 2.24) is 0 Å². The topological polar surface area (TPSA) is 26.3 Å². The van der Waals surface area contributed by atoms with Crippen LogP contribution in [0.2, 0.25) is 0 Å². The van der Waals surface area contributed by atoms with E-state index in [2.05, 4.69) is 0 Å². The Balaban J connectivity index is 2.43. The summed E-state index contributed by atoms with van der Waals surface area (Å²) in [5.41, 5.74) is 0. The highest BCUT2D eigenvalue weighted by molar-refractivity contribution is 5.69. The first-order valence-corrected chi connectivity index (χ1v) is 4.62. The summed E-state index contributed by atoms with van der Waals surface area (Å²) in [7, 11) is 0. The van der Waals surface area contributed by atoms with Crippen LogP contribution in [0, 0.1) is 0 Å². The van der Waals surface area contributed by atoms with E-state index in [4.69, 9.17) is 4.74 Å². The van der Waals surface area contributed by atoms with Crippen molar-refractivity contribution in [1.29, 1.82) is 0 Å². The van der Waals surface area contributed by atoms with Crippen molar-refractivity contribution in [2.24, 2.45) is 0 Å². The van der Waals surface area contributed by atoms with E-state index in [1.54, 1.807) is 6.92 Å². The highest BCUT2D eigenvalue weighted by Gasteiger charge is 2.35. The molecule has 0 spiro atoms. The first kappa shape index (κ1) is 10.4. The Bertz CT molecular complexity index is 184. The lowest BCUT2D eigenvalue weighted by Gasteiger charge is -2.28. The SMILES string of the molecule is CCC(=O)OC1CCCC(F)C1F. The van der Waals surface area contributed by atoms with E-state index in [0.717, 1.165) is 0 Å². The van der Waals surface area contributed by atoms with Crippen molar-refractivity contribution in [3.05, 3.63) is 0 Å². The van der Waals surface area contributed by atoms with Crippen molar-refractivity contribution < 1.29 is 18.3 Å². The number of carbonyl (C=O) groups excluding carboxylic acids is 1. The van der Waals surface area contributed by atoms with Crippen LogP contribution >= 0.6 is 0 Å². The molecule has 76 valence electrons. The largest absolute Gasteiger partial charge is 0.459 e. The minimum Gasteiger partial charge on any atom is -0.459 e. The third kappa shape index (κ3) is 2.64. The van der Waals surface area contributed by atoms with Crippen LogP contribution in [0.4, 0.5) is 8.78 Å².